The molecule has 0 amide bonds. The number of aromatic carboxylic acids is 1. The molecule has 0 bridgehead atoms. The van der Waals surface area contributed by atoms with Crippen LogP contribution in [0.2, 0.25) is 0 Å². The van der Waals surface area contributed by atoms with Crippen LogP contribution in [0.4, 0.5) is 0 Å². The summed E-state index contributed by atoms with van der Waals surface area (Å²) in [4.78, 5) is 16.5. The van der Waals surface area contributed by atoms with Crippen molar-refractivity contribution in [3.63, 3.8) is 0 Å². The van der Waals surface area contributed by atoms with Crippen molar-refractivity contribution in [2.24, 2.45) is 16.8 Å². The number of rotatable bonds is 17. The highest BCUT2D eigenvalue weighted by Crippen LogP contribution is 2.47. The Kier molecular flexibility index (Phi) is 10.9. The lowest BCUT2D eigenvalue weighted by atomic mass is 9.74. The van der Waals surface area contributed by atoms with Crippen LogP contribution >= 0.6 is 0 Å². The van der Waals surface area contributed by atoms with Gasteiger partial charge in [-0.05, 0) is 61.3 Å². The minimum absolute atomic E-state index is 0.115. The fourth-order valence-corrected chi connectivity index (χ4v) is 6.31. The number of allylic oxidation sites excluding steroid dienone is 4. The predicted octanol–water partition coefficient (Wildman–Crippen LogP) is 9.81. The zero-order valence-corrected chi connectivity index (χ0v) is 23.6. The van der Waals surface area contributed by atoms with E-state index in [1.54, 1.807) is 6.07 Å². The van der Waals surface area contributed by atoms with E-state index in [4.69, 9.17) is 14.1 Å². The van der Waals surface area contributed by atoms with Gasteiger partial charge in [-0.15, -0.1) is 0 Å². The molecule has 38 heavy (non-hydrogen) atoms. The summed E-state index contributed by atoms with van der Waals surface area (Å²) in [5.41, 5.74) is 5.11. The molecule has 0 saturated heterocycles. The number of nitrogens with zero attached hydrogens (tertiary/aromatic N) is 1. The van der Waals surface area contributed by atoms with E-state index in [1.165, 1.54) is 119 Å². The molecule has 2 atom stereocenters. The van der Waals surface area contributed by atoms with Crippen LogP contribution in [0.15, 0.2) is 56.3 Å². The van der Waals surface area contributed by atoms with Gasteiger partial charge in [-0.1, -0.05) is 97.0 Å². The summed E-state index contributed by atoms with van der Waals surface area (Å²) in [6, 6.07) is 3.02. The Morgan fingerprint density at radius 1 is 0.947 bits per heavy atom. The first-order valence-corrected chi connectivity index (χ1v) is 15.4. The van der Waals surface area contributed by atoms with E-state index in [1.807, 2.05) is 6.08 Å². The van der Waals surface area contributed by atoms with Gasteiger partial charge >= 0.3 is 5.97 Å². The van der Waals surface area contributed by atoms with Gasteiger partial charge < -0.3 is 14.3 Å². The number of ether oxygens (including phenoxy) is 1. The second-order valence-electron chi connectivity index (χ2n) is 11.3. The summed E-state index contributed by atoms with van der Waals surface area (Å²) in [7, 11) is 0. The predicted molar refractivity (Wildman–Crippen MR) is 154 cm³/mol. The number of fused-ring (bicyclic) bond motifs is 2. The maximum Gasteiger partial charge on any atom is 0.371 e. The van der Waals surface area contributed by atoms with Gasteiger partial charge in [0.05, 0.1) is 0 Å². The second-order valence-corrected chi connectivity index (χ2v) is 11.3. The number of furan rings is 1. The molecule has 5 heteroatoms. The zero-order valence-electron chi connectivity index (χ0n) is 23.6. The molecule has 1 aliphatic heterocycles. The molecule has 3 aliphatic rings. The molecule has 0 radical (unpaired) electrons. The lowest BCUT2D eigenvalue weighted by molar-refractivity contribution is 0.0656. The summed E-state index contributed by atoms with van der Waals surface area (Å²) < 4.78 is 11.5. The number of unbranched alkanes of at least 4 members (excludes halogenated alkanes) is 10. The molecule has 0 spiro atoms. The standard InChI is InChI=1S/C33H47NO4/c1-3-5-7-9-11-13-16-24-18-15-19-26-30(24)31-25(17-14-12-10-8-6-4-2)20-21-27(32(31)34-26)37-29-23-22-28(38-29)33(35)36/h20-25H,3-19H2,1-2H3,(H,35,36). The Morgan fingerprint density at radius 3 is 2.32 bits per heavy atom. The molecule has 4 rings (SSSR count). The van der Waals surface area contributed by atoms with Crippen LogP contribution in [-0.2, 0) is 0 Å². The van der Waals surface area contributed by atoms with Gasteiger partial charge in [0.2, 0.25) is 5.76 Å². The van der Waals surface area contributed by atoms with E-state index in [2.05, 4.69) is 19.9 Å². The molecular formula is C33H47NO4. The van der Waals surface area contributed by atoms with Crippen molar-refractivity contribution in [2.75, 3.05) is 0 Å². The van der Waals surface area contributed by atoms with E-state index in [-0.39, 0.29) is 11.7 Å². The first-order valence-electron chi connectivity index (χ1n) is 15.4. The number of hydrogen-bond donors (Lipinski definition) is 1. The number of carboxylic acid groups (broad SMARTS) is 1. The zero-order chi connectivity index (χ0) is 26.7. The van der Waals surface area contributed by atoms with Crippen molar-refractivity contribution in [3.8, 4) is 5.95 Å². The molecule has 1 saturated carbocycles. The van der Waals surface area contributed by atoms with Gasteiger partial charge in [-0.2, -0.15) is 0 Å². The maximum atomic E-state index is 11.3. The van der Waals surface area contributed by atoms with Gasteiger partial charge in [0.15, 0.2) is 5.76 Å². The van der Waals surface area contributed by atoms with E-state index >= 15 is 0 Å². The van der Waals surface area contributed by atoms with E-state index < -0.39 is 5.97 Å². The molecule has 2 unspecified atom stereocenters. The van der Waals surface area contributed by atoms with E-state index in [0.717, 1.165) is 18.5 Å². The molecule has 1 aromatic heterocycles. The van der Waals surface area contributed by atoms with Crippen molar-refractivity contribution in [3.05, 3.63) is 52.6 Å². The third-order valence-electron chi connectivity index (χ3n) is 8.34. The Balaban J connectivity index is 1.53. The van der Waals surface area contributed by atoms with Crippen LogP contribution < -0.4 is 4.74 Å². The van der Waals surface area contributed by atoms with Crippen LogP contribution in [0.25, 0.3) is 0 Å². The number of carboxylic acids is 1. The third-order valence-corrected chi connectivity index (χ3v) is 8.34. The minimum Gasteiger partial charge on any atom is -0.475 e. The number of hydrogen-bond acceptors (Lipinski definition) is 4. The largest absolute Gasteiger partial charge is 0.475 e. The fraction of sp³-hybridized carbons (Fsp3) is 0.636. The van der Waals surface area contributed by atoms with Crippen LogP contribution in [0, 0.1) is 11.8 Å². The fourth-order valence-electron chi connectivity index (χ4n) is 6.31. The molecule has 1 fully saturated rings. The maximum absolute atomic E-state index is 11.3. The molecule has 1 N–H and O–H groups in total. The highest BCUT2D eigenvalue weighted by molar-refractivity contribution is 6.06. The molecule has 0 aromatic carbocycles. The molecule has 5 nitrogen and oxygen atoms in total. The van der Waals surface area contributed by atoms with Gasteiger partial charge in [-0.3, -0.25) is 0 Å². The highest BCUT2D eigenvalue weighted by Gasteiger charge is 2.38. The van der Waals surface area contributed by atoms with Gasteiger partial charge in [0, 0.05) is 17.7 Å². The summed E-state index contributed by atoms with van der Waals surface area (Å²) in [5.74, 6) is 0.628. The first kappa shape index (κ1) is 28.4. The highest BCUT2D eigenvalue weighted by atomic mass is 16.6. The van der Waals surface area contributed by atoms with E-state index in [0.29, 0.717) is 17.6 Å². The normalized spacial score (nSPS) is 20.5. The first-order chi connectivity index (χ1) is 18.6. The topological polar surface area (TPSA) is 72.0 Å². The monoisotopic (exact) mass is 521 g/mol. The Hall–Kier alpha value is -2.56. The van der Waals surface area contributed by atoms with Gasteiger partial charge in [0.1, 0.15) is 5.70 Å². The molecule has 208 valence electrons. The lowest BCUT2D eigenvalue weighted by Crippen LogP contribution is -2.21. The van der Waals surface area contributed by atoms with Gasteiger partial charge in [0.25, 0.3) is 5.95 Å². The van der Waals surface area contributed by atoms with Crippen molar-refractivity contribution in [1.82, 2.24) is 0 Å². The van der Waals surface area contributed by atoms with E-state index in [9.17, 15) is 9.90 Å². The van der Waals surface area contributed by atoms with Gasteiger partial charge in [-0.25, -0.2) is 9.79 Å². The van der Waals surface area contributed by atoms with Crippen LogP contribution in [0.3, 0.4) is 0 Å². The van der Waals surface area contributed by atoms with Crippen LogP contribution in [0.5, 0.6) is 5.95 Å². The Labute approximate surface area is 229 Å². The lowest BCUT2D eigenvalue weighted by Gasteiger charge is -2.29. The number of carbonyl (C=O) groups is 1. The Bertz CT molecular complexity index is 1060. The molecular weight excluding hydrogens is 474 g/mol. The van der Waals surface area contributed by atoms with Crippen molar-refractivity contribution < 1.29 is 19.1 Å². The van der Waals surface area contributed by atoms with Crippen molar-refractivity contribution in [1.29, 1.82) is 0 Å². The average Bonchev–Trinajstić information content (AvgIpc) is 3.55. The average molecular weight is 522 g/mol. The molecule has 2 aliphatic carbocycles. The summed E-state index contributed by atoms with van der Waals surface area (Å²) in [5, 5.41) is 9.24. The SMILES string of the molecule is CCCCCCCCC1C=CC(Oc2ccc(C(=O)O)o2)=C2N=C3CCCC(CCCCCCCC)C3=C21. The smallest absolute Gasteiger partial charge is 0.371 e. The minimum atomic E-state index is -1.09. The van der Waals surface area contributed by atoms with Crippen molar-refractivity contribution in [2.45, 2.75) is 123 Å². The number of aliphatic imine (C=N–C) groups is 1. The van der Waals surface area contributed by atoms with Crippen molar-refractivity contribution >= 4 is 11.7 Å². The summed E-state index contributed by atoms with van der Waals surface area (Å²) >= 11 is 0. The quantitative estimate of drug-likeness (QED) is 0.207. The molecule has 2 heterocycles. The summed E-state index contributed by atoms with van der Waals surface area (Å²) in [6.07, 6.45) is 26.0. The van der Waals surface area contributed by atoms with Crippen LogP contribution in [0.1, 0.15) is 134 Å². The second kappa shape index (κ2) is 14.6. The Morgan fingerprint density at radius 2 is 1.63 bits per heavy atom. The van der Waals surface area contributed by atoms with Crippen LogP contribution in [-0.4, -0.2) is 16.8 Å². The summed E-state index contributed by atoms with van der Waals surface area (Å²) in [6.45, 7) is 4.54. The molecule has 1 aromatic rings. The third kappa shape index (κ3) is 7.30.